The first-order valence-electron chi connectivity index (χ1n) is 7.31. The molecule has 1 aromatic rings. The molecule has 112 valence electrons. The number of quaternary nitrogens is 1. The van der Waals surface area contributed by atoms with Crippen LogP contribution in [0.15, 0.2) is 30.3 Å². The summed E-state index contributed by atoms with van der Waals surface area (Å²) < 4.78 is 0. The molecule has 2 fully saturated rings. The first-order valence-corrected chi connectivity index (χ1v) is 7.31. The first kappa shape index (κ1) is 14.2. The molecule has 0 spiro atoms. The summed E-state index contributed by atoms with van der Waals surface area (Å²) in [6.45, 7) is 0. The average Bonchev–Trinajstić information content (AvgIpc) is 2.69. The van der Waals surface area contributed by atoms with Gasteiger partial charge in [0.15, 0.2) is 5.54 Å². The van der Waals surface area contributed by atoms with Crippen molar-refractivity contribution < 1.29 is 24.7 Å². The normalized spacial score (nSPS) is 38.2. The van der Waals surface area contributed by atoms with E-state index in [9.17, 15) is 19.8 Å². The monoisotopic (exact) mass is 289 g/mol. The second-order valence-corrected chi connectivity index (χ2v) is 6.18. The molecule has 21 heavy (non-hydrogen) atoms. The molecule has 2 heterocycles. The van der Waals surface area contributed by atoms with Crippen LogP contribution in [0.25, 0.3) is 0 Å². The Bertz CT molecular complexity index is 573. The predicted octanol–water partition coefficient (Wildman–Crippen LogP) is -1.58. The van der Waals surface area contributed by atoms with Crippen molar-refractivity contribution in [1.82, 2.24) is 0 Å². The molecule has 0 amide bonds. The van der Waals surface area contributed by atoms with Crippen LogP contribution in [0.2, 0.25) is 0 Å². The molecule has 1 aromatic carbocycles. The van der Waals surface area contributed by atoms with Crippen LogP contribution in [0.4, 0.5) is 0 Å². The van der Waals surface area contributed by atoms with Gasteiger partial charge < -0.3 is 19.9 Å². The molecule has 0 aromatic heterocycles. The van der Waals surface area contributed by atoms with Gasteiger partial charge in [-0.05, 0) is 0 Å². The van der Waals surface area contributed by atoms with E-state index in [1.807, 2.05) is 13.1 Å². The number of carbonyl (C=O) groups is 2. The van der Waals surface area contributed by atoms with Gasteiger partial charge >= 0.3 is 0 Å². The Balaban J connectivity index is 2.10. The van der Waals surface area contributed by atoms with E-state index in [1.165, 1.54) is 0 Å². The van der Waals surface area contributed by atoms with Gasteiger partial charge in [-0.15, -0.1) is 0 Å². The number of ketones is 1. The van der Waals surface area contributed by atoms with Gasteiger partial charge in [0.05, 0.1) is 31.1 Å². The van der Waals surface area contributed by atoms with E-state index in [0.29, 0.717) is 18.4 Å². The van der Waals surface area contributed by atoms with E-state index in [-0.39, 0.29) is 11.8 Å². The molecule has 5 atom stereocenters. The highest BCUT2D eigenvalue weighted by atomic mass is 16.4. The number of carboxylic acid groups (broad SMARTS) is 1. The molecule has 1 unspecified atom stereocenters. The van der Waals surface area contributed by atoms with Crippen LogP contribution in [0.5, 0.6) is 0 Å². The number of aliphatic hydroxyl groups is 1. The van der Waals surface area contributed by atoms with E-state index in [2.05, 4.69) is 0 Å². The third kappa shape index (κ3) is 1.92. The molecule has 2 bridgehead atoms. The van der Waals surface area contributed by atoms with E-state index < -0.39 is 23.5 Å². The summed E-state index contributed by atoms with van der Waals surface area (Å²) in [6.07, 6.45) is 0.630. The lowest BCUT2D eigenvalue weighted by Crippen LogP contribution is -3.22. The van der Waals surface area contributed by atoms with Gasteiger partial charge in [-0.3, -0.25) is 4.79 Å². The molecule has 2 N–H and O–H groups in total. The molecule has 0 aliphatic carbocycles. The van der Waals surface area contributed by atoms with Gasteiger partial charge in [-0.25, -0.2) is 0 Å². The second kappa shape index (κ2) is 4.93. The molecule has 5 heteroatoms. The number of carboxylic acids is 1. The van der Waals surface area contributed by atoms with Crippen LogP contribution >= 0.6 is 0 Å². The summed E-state index contributed by atoms with van der Waals surface area (Å²) in [5.41, 5.74) is -0.611. The van der Waals surface area contributed by atoms with Gasteiger partial charge in [-0.2, -0.15) is 0 Å². The fourth-order valence-corrected chi connectivity index (χ4v) is 4.27. The maximum atomic E-state index is 13.0. The zero-order valence-corrected chi connectivity index (χ0v) is 11.9. The molecule has 5 nitrogen and oxygen atoms in total. The van der Waals surface area contributed by atoms with Crippen molar-refractivity contribution in [3.05, 3.63) is 35.9 Å². The summed E-state index contributed by atoms with van der Waals surface area (Å²) in [6, 6.07) is 8.87. The summed E-state index contributed by atoms with van der Waals surface area (Å²) in [4.78, 5) is 25.5. The fraction of sp³-hybridized carbons (Fsp3) is 0.500. The first-order chi connectivity index (χ1) is 9.98. The van der Waals surface area contributed by atoms with Crippen LogP contribution in [0.3, 0.4) is 0 Å². The van der Waals surface area contributed by atoms with Gasteiger partial charge in [0, 0.05) is 24.8 Å². The van der Waals surface area contributed by atoms with Crippen LogP contribution < -0.4 is 10.0 Å². The maximum Gasteiger partial charge on any atom is 0.223 e. The van der Waals surface area contributed by atoms with Crippen molar-refractivity contribution in [2.75, 3.05) is 7.05 Å². The number of hydrogen-bond donors (Lipinski definition) is 2. The fourth-order valence-electron chi connectivity index (χ4n) is 4.27. The van der Waals surface area contributed by atoms with Gasteiger partial charge in [0.2, 0.25) is 5.78 Å². The number of aliphatic hydroxyl groups excluding tert-OH is 1. The van der Waals surface area contributed by atoms with E-state index >= 15 is 0 Å². The summed E-state index contributed by atoms with van der Waals surface area (Å²) >= 11 is 0. The zero-order chi connectivity index (χ0) is 15.2. The Morgan fingerprint density at radius 1 is 1.33 bits per heavy atom. The third-order valence-electron chi connectivity index (χ3n) is 5.34. The minimum absolute atomic E-state index is 0.128. The van der Waals surface area contributed by atoms with Crippen molar-refractivity contribution in [3.63, 3.8) is 0 Å². The number of Topliss-reactive ketones (excluding diaryl/α,β-unsaturated/α-hetero) is 1. The number of rotatable bonds is 3. The number of aliphatic carboxylic acids is 1. The molecule has 2 aliphatic rings. The van der Waals surface area contributed by atoms with Crippen LogP contribution in [0, 0.1) is 5.92 Å². The lowest BCUT2D eigenvalue weighted by molar-refractivity contribution is -0.943. The molecule has 2 saturated heterocycles. The lowest BCUT2D eigenvalue weighted by atomic mass is 9.71. The van der Waals surface area contributed by atoms with E-state index in [4.69, 9.17) is 0 Å². The number of hydrogen-bond acceptors (Lipinski definition) is 4. The van der Waals surface area contributed by atoms with Crippen molar-refractivity contribution in [3.8, 4) is 0 Å². The number of piperidine rings is 1. The Hall–Kier alpha value is -1.72. The van der Waals surface area contributed by atoms with Gasteiger partial charge in [-0.1, -0.05) is 30.3 Å². The highest BCUT2D eigenvalue weighted by Crippen LogP contribution is 2.38. The average molecular weight is 289 g/mol. The third-order valence-corrected chi connectivity index (χ3v) is 5.34. The Labute approximate surface area is 123 Å². The molecule has 0 saturated carbocycles. The van der Waals surface area contributed by atoms with Crippen molar-refractivity contribution in [2.24, 2.45) is 5.92 Å². The number of carbonyl (C=O) groups excluding carboxylic acids is 2. The molecule has 3 rings (SSSR count). The van der Waals surface area contributed by atoms with Crippen LogP contribution in [0.1, 0.15) is 29.6 Å². The quantitative estimate of drug-likeness (QED) is 0.658. The highest BCUT2D eigenvalue weighted by Gasteiger charge is 2.64. The standard InChI is InChI=1S/C16H19NO4/c1-17-11-7-8-16(17,13(15(20)21)12(18)9-11)14(19)10-5-3-2-4-6-10/h2-6,11-13,18H,7-9H2,1H3,(H,20,21)/t11-,12+,13-,16+/m0/s1. The second-order valence-electron chi connectivity index (χ2n) is 6.18. The van der Waals surface area contributed by atoms with E-state index in [0.717, 1.165) is 11.3 Å². The summed E-state index contributed by atoms with van der Waals surface area (Å²) in [7, 11) is 1.86. The van der Waals surface area contributed by atoms with Crippen LogP contribution in [-0.2, 0) is 4.79 Å². The minimum atomic E-state index is -1.33. The van der Waals surface area contributed by atoms with Crippen molar-refractivity contribution in [2.45, 2.75) is 36.9 Å². The van der Waals surface area contributed by atoms with Gasteiger partial charge in [0.25, 0.3) is 0 Å². The summed E-state index contributed by atoms with van der Waals surface area (Å²) in [5.74, 6) is -2.67. The Kier molecular flexibility index (Phi) is 3.34. The number of likely N-dealkylation sites (N-methyl/N-ethyl adjacent to an activating group) is 1. The highest BCUT2D eigenvalue weighted by molar-refractivity contribution is 6.04. The molecule has 2 aliphatic heterocycles. The zero-order valence-electron chi connectivity index (χ0n) is 11.9. The lowest BCUT2D eigenvalue weighted by Gasteiger charge is -2.46. The number of benzene rings is 1. The van der Waals surface area contributed by atoms with Crippen LogP contribution in [-0.4, -0.2) is 41.6 Å². The van der Waals surface area contributed by atoms with Crippen molar-refractivity contribution in [1.29, 1.82) is 0 Å². The largest absolute Gasteiger partial charge is 0.549 e. The Morgan fingerprint density at radius 3 is 2.62 bits per heavy atom. The number of fused-ring (bicyclic) bond motifs is 2. The smallest absolute Gasteiger partial charge is 0.223 e. The molecular formula is C16H19NO4. The molecular weight excluding hydrogens is 270 g/mol. The minimum Gasteiger partial charge on any atom is -0.549 e. The molecule has 0 radical (unpaired) electrons. The Morgan fingerprint density at radius 2 is 2.00 bits per heavy atom. The number of nitrogens with one attached hydrogen (secondary N) is 1. The van der Waals surface area contributed by atoms with Crippen molar-refractivity contribution >= 4 is 11.8 Å². The topological polar surface area (TPSA) is 81.9 Å². The SMILES string of the molecule is C[NH+]1[C@H]2CC[C@]1(C(=O)c1ccccc1)[C@H](C(=O)[O-])[C@H](O)C2. The summed E-state index contributed by atoms with van der Waals surface area (Å²) in [5, 5.41) is 21.8. The predicted molar refractivity (Wildman–Crippen MR) is 72.5 cm³/mol. The maximum absolute atomic E-state index is 13.0. The van der Waals surface area contributed by atoms with Gasteiger partial charge in [0.1, 0.15) is 0 Å². The van der Waals surface area contributed by atoms with E-state index in [1.54, 1.807) is 24.3 Å².